The summed E-state index contributed by atoms with van der Waals surface area (Å²) in [6.45, 7) is 7.83. The summed E-state index contributed by atoms with van der Waals surface area (Å²) in [6, 6.07) is 0. The average molecular weight is 371 g/mol. The molecule has 146 valence electrons. The first-order valence-electron chi connectivity index (χ1n) is 9.32. The molecule has 1 aromatic rings. The minimum Gasteiger partial charge on any atom is -0.384 e. The van der Waals surface area contributed by atoms with Crippen LogP contribution in [-0.2, 0) is 4.74 Å². The molecule has 7 heteroatoms. The molecule has 1 unspecified atom stereocenters. The number of ether oxygens (including phenoxy) is 1. The molecule has 1 N–H and O–H groups in total. The molecule has 0 radical (unpaired) electrons. The van der Waals surface area contributed by atoms with Gasteiger partial charge in [0.1, 0.15) is 6.33 Å². The second kappa shape index (κ2) is 10.1. The molecule has 0 bridgehead atoms. The third-order valence-electron chi connectivity index (χ3n) is 4.42. The SMILES string of the molecule is CCC(=N)N(C)CCN=C1C=c2c(N=C(C)C)ncnc2=CCC1COC. The third-order valence-corrected chi connectivity index (χ3v) is 4.42. The molecule has 0 spiro atoms. The molecule has 0 aromatic carbocycles. The van der Waals surface area contributed by atoms with Crippen LogP contribution < -0.4 is 10.6 Å². The molecule has 0 fully saturated rings. The van der Waals surface area contributed by atoms with Gasteiger partial charge in [-0.05, 0) is 26.3 Å². The van der Waals surface area contributed by atoms with Gasteiger partial charge >= 0.3 is 0 Å². The molecule has 1 atom stereocenters. The topological polar surface area (TPSA) is 86.8 Å². The number of nitrogens with zero attached hydrogens (tertiary/aromatic N) is 5. The van der Waals surface area contributed by atoms with Crippen LogP contribution in [0.25, 0.3) is 12.2 Å². The number of likely N-dealkylation sites (N-methyl/N-ethyl adjacent to an activating group) is 1. The summed E-state index contributed by atoms with van der Waals surface area (Å²) in [5.74, 6) is 1.46. The Hall–Kier alpha value is -2.41. The van der Waals surface area contributed by atoms with Gasteiger partial charge in [0.05, 0.1) is 24.3 Å². The number of fused-ring (bicyclic) bond motifs is 1. The van der Waals surface area contributed by atoms with E-state index in [2.05, 4.69) is 27.1 Å². The lowest BCUT2D eigenvalue weighted by Gasteiger charge is -2.19. The van der Waals surface area contributed by atoms with E-state index in [-0.39, 0.29) is 5.92 Å². The largest absolute Gasteiger partial charge is 0.384 e. The Morgan fingerprint density at radius 1 is 1.37 bits per heavy atom. The summed E-state index contributed by atoms with van der Waals surface area (Å²) in [4.78, 5) is 20.1. The van der Waals surface area contributed by atoms with Crippen molar-refractivity contribution >= 4 is 35.2 Å². The number of methoxy groups -OCH3 is 1. The highest BCUT2D eigenvalue weighted by molar-refractivity contribution is 6.12. The van der Waals surface area contributed by atoms with E-state index >= 15 is 0 Å². The number of nitrogens with one attached hydrogen (secondary N) is 1. The highest BCUT2D eigenvalue weighted by atomic mass is 16.5. The molecule has 1 aromatic heterocycles. The van der Waals surface area contributed by atoms with Gasteiger partial charge in [0.25, 0.3) is 0 Å². The number of rotatable bonds is 7. The zero-order chi connectivity index (χ0) is 19.8. The van der Waals surface area contributed by atoms with E-state index in [0.717, 1.165) is 34.8 Å². The fourth-order valence-electron chi connectivity index (χ4n) is 2.91. The molecule has 1 heterocycles. The van der Waals surface area contributed by atoms with Crippen LogP contribution in [0, 0.1) is 11.3 Å². The van der Waals surface area contributed by atoms with Crippen molar-refractivity contribution in [2.75, 3.05) is 33.9 Å². The van der Waals surface area contributed by atoms with Gasteiger partial charge in [-0.25, -0.2) is 15.0 Å². The van der Waals surface area contributed by atoms with Gasteiger partial charge in [0.15, 0.2) is 5.82 Å². The maximum atomic E-state index is 7.91. The van der Waals surface area contributed by atoms with Crippen LogP contribution in [-0.4, -0.2) is 66.0 Å². The third kappa shape index (κ3) is 5.79. The van der Waals surface area contributed by atoms with Crippen molar-refractivity contribution in [3.05, 3.63) is 16.9 Å². The molecular weight excluding hydrogens is 340 g/mol. The lowest BCUT2D eigenvalue weighted by Crippen LogP contribution is -2.30. The summed E-state index contributed by atoms with van der Waals surface area (Å²) >= 11 is 0. The maximum Gasteiger partial charge on any atom is 0.163 e. The van der Waals surface area contributed by atoms with E-state index in [4.69, 9.17) is 15.1 Å². The monoisotopic (exact) mass is 370 g/mol. The van der Waals surface area contributed by atoms with Crippen molar-refractivity contribution in [2.24, 2.45) is 15.9 Å². The van der Waals surface area contributed by atoms with Crippen molar-refractivity contribution in [1.82, 2.24) is 14.9 Å². The molecule has 0 aliphatic heterocycles. The molecule has 2 rings (SSSR count). The highest BCUT2D eigenvalue weighted by Crippen LogP contribution is 2.12. The van der Waals surface area contributed by atoms with E-state index in [1.54, 1.807) is 13.4 Å². The number of aromatic nitrogens is 2. The molecule has 0 saturated carbocycles. The Morgan fingerprint density at radius 2 is 2.15 bits per heavy atom. The van der Waals surface area contributed by atoms with Gasteiger partial charge in [-0.3, -0.25) is 10.4 Å². The summed E-state index contributed by atoms with van der Waals surface area (Å²) in [5.41, 5.74) is 1.92. The fraction of sp³-hybridized carbons (Fsp3) is 0.550. The molecular formula is C20H30N6O. The molecule has 27 heavy (non-hydrogen) atoms. The Kier molecular flexibility index (Phi) is 7.79. The van der Waals surface area contributed by atoms with Crippen molar-refractivity contribution < 1.29 is 4.74 Å². The van der Waals surface area contributed by atoms with Crippen LogP contribution in [0.1, 0.15) is 33.6 Å². The second-order valence-electron chi connectivity index (χ2n) is 6.82. The fourth-order valence-corrected chi connectivity index (χ4v) is 2.91. The number of hydrogen-bond donors (Lipinski definition) is 1. The Balaban J connectivity index is 2.41. The molecule has 1 aliphatic carbocycles. The van der Waals surface area contributed by atoms with Gasteiger partial charge in [-0.2, -0.15) is 0 Å². The van der Waals surface area contributed by atoms with Gasteiger partial charge in [0.2, 0.25) is 0 Å². The normalized spacial score (nSPS) is 17.4. The van der Waals surface area contributed by atoms with Crippen LogP contribution in [0.15, 0.2) is 16.3 Å². The van der Waals surface area contributed by atoms with Crippen molar-refractivity contribution in [3.8, 4) is 0 Å². The minimum absolute atomic E-state index is 0.166. The van der Waals surface area contributed by atoms with Crippen molar-refractivity contribution in [2.45, 2.75) is 33.6 Å². The second-order valence-corrected chi connectivity index (χ2v) is 6.82. The van der Waals surface area contributed by atoms with Crippen molar-refractivity contribution in [1.29, 1.82) is 5.41 Å². The first-order valence-corrected chi connectivity index (χ1v) is 9.32. The van der Waals surface area contributed by atoms with Crippen LogP contribution >= 0.6 is 0 Å². The number of aliphatic imine (C=N–C) groups is 2. The highest BCUT2D eigenvalue weighted by Gasteiger charge is 2.17. The van der Waals surface area contributed by atoms with E-state index in [1.165, 1.54) is 0 Å². The predicted octanol–water partition coefficient (Wildman–Crippen LogP) is 1.58. The van der Waals surface area contributed by atoms with Crippen LogP contribution in [0.3, 0.4) is 0 Å². The quantitative estimate of drug-likeness (QED) is 0.583. The average Bonchev–Trinajstić information content (AvgIpc) is 2.81. The van der Waals surface area contributed by atoms with Crippen LogP contribution in [0.2, 0.25) is 0 Å². The lowest BCUT2D eigenvalue weighted by molar-refractivity contribution is 0.178. The van der Waals surface area contributed by atoms with Gasteiger partial charge in [0, 0.05) is 49.7 Å². The minimum atomic E-state index is 0.166. The molecule has 1 aliphatic rings. The lowest BCUT2D eigenvalue weighted by atomic mass is 10.0. The number of hydrogen-bond acceptors (Lipinski definition) is 6. The van der Waals surface area contributed by atoms with E-state index in [1.807, 2.05) is 32.7 Å². The van der Waals surface area contributed by atoms with Gasteiger partial charge < -0.3 is 9.64 Å². The summed E-state index contributed by atoms with van der Waals surface area (Å²) in [5, 5.41) is 9.71. The maximum absolute atomic E-state index is 7.91. The number of amidine groups is 1. The van der Waals surface area contributed by atoms with Crippen LogP contribution in [0.5, 0.6) is 0 Å². The predicted molar refractivity (Wildman–Crippen MR) is 112 cm³/mol. The van der Waals surface area contributed by atoms with E-state index in [0.29, 0.717) is 31.3 Å². The molecule has 0 amide bonds. The summed E-state index contributed by atoms with van der Waals surface area (Å²) in [6.07, 6.45) is 7.26. The Bertz CT molecular complexity index is 839. The first kappa shape index (κ1) is 20.9. The zero-order valence-corrected chi connectivity index (χ0v) is 17.0. The molecule has 0 saturated heterocycles. The van der Waals surface area contributed by atoms with Gasteiger partial charge in [-0.15, -0.1) is 0 Å². The Labute approximate surface area is 161 Å². The molecule has 7 nitrogen and oxygen atoms in total. The van der Waals surface area contributed by atoms with E-state index < -0.39 is 0 Å². The smallest absolute Gasteiger partial charge is 0.163 e. The van der Waals surface area contributed by atoms with E-state index in [9.17, 15) is 0 Å². The standard InChI is InChI=1S/C20H30N6O/c1-6-19(21)26(4)10-9-22-18-11-16-17(8-7-15(18)12-27-5)23-13-24-20(16)25-14(2)3/h8,11,13,15,21H,6-7,9-10,12H2,1-5H3. The first-order chi connectivity index (χ1) is 13.0. The van der Waals surface area contributed by atoms with Crippen LogP contribution in [0.4, 0.5) is 5.82 Å². The van der Waals surface area contributed by atoms with Gasteiger partial charge in [-0.1, -0.05) is 13.0 Å². The summed E-state index contributed by atoms with van der Waals surface area (Å²) < 4.78 is 5.41. The summed E-state index contributed by atoms with van der Waals surface area (Å²) in [7, 11) is 3.64. The zero-order valence-electron chi connectivity index (χ0n) is 17.0. The Morgan fingerprint density at radius 3 is 2.81 bits per heavy atom. The van der Waals surface area contributed by atoms with Crippen molar-refractivity contribution in [3.63, 3.8) is 0 Å².